The number of rotatable bonds is 3. The van der Waals surface area contributed by atoms with Crippen LogP contribution in [-0.2, 0) is 0 Å². The molecule has 0 amide bonds. The van der Waals surface area contributed by atoms with Gasteiger partial charge in [-0.05, 0) is 61.7 Å². The summed E-state index contributed by atoms with van der Waals surface area (Å²) >= 11 is 0. The van der Waals surface area contributed by atoms with Gasteiger partial charge >= 0.3 is 0 Å². The summed E-state index contributed by atoms with van der Waals surface area (Å²) in [4.78, 5) is 2.34. The number of hydrogen-bond acceptors (Lipinski definition) is 1. The van der Waals surface area contributed by atoms with E-state index < -0.39 is 0 Å². The highest BCUT2D eigenvalue weighted by Gasteiger charge is 2.17. The SMILES string of the molecule is Cc1ccc2c(c1)N(C)C(/C=C/c1cc(C)n(-c3ccccc3)c1C)C=C2. The molecule has 136 valence electrons. The predicted octanol–water partition coefficient (Wildman–Crippen LogP) is 5.95. The van der Waals surface area contributed by atoms with Crippen molar-refractivity contribution >= 4 is 17.8 Å². The molecule has 0 bridgehead atoms. The van der Waals surface area contributed by atoms with E-state index in [2.05, 4.69) is 116 Å². The van der Waals surface area contributed by atoms with Crippen molar-refractivity contribution in [3.8, 4) is 5.69 Å². The Kier molecular flexibility index (Phi) is 4.49. The highest BCUT2D eigenvalue weighted by molar-refractivity contribution is 5.74. The molecule has 2 heteroatoms. The van der Waals surface area contributed by atoms with Crippen LogP contribution in [0.5, 0.6) is 0 Å². The van der Waals surface area contributed by atoms with Gasteiger partial charge in [0.25, 0.3) is 0 Å². The van der Waals surface area contributed by atoms with Gasteiger partial charge in [0.05, 0.1) is 6.04 Å². The van der Waals surface area contributed by atoms with Gasteiger partial charge in [0.1, 0.15) is 0 Å². The highest BCUT2D eigenvalue weighted by Crippen LogP contribution is 2.30. The molecule has 1 atom stereocenters. The zero-order valence-electron chi connectivity index (χ0n) is 16.5. The maximum atomic E-state index is 2.34. The molecule has 0 N–H and O–H groups in total. The Bertz CT molecular complexity index is 1020. The van der Waals surface area contributed by atoms with E-state index >= 15 is 0 Å². The van der Waals surface area contributed by atoms with Gasteiger partial charge in [-0.25, -0.2) is 0 Å². The monoisotopic (exact) mass is 354 g/mol. The van der Waals surface area contributed by atoms with Crippen molar-refractivity contribution in [2.45, 2.75) is 26.8 Å². The van der Waals surface area contributed by atoms with E-state index in [4.69, 9.17) is 0 Å². The van der Waals surface area contributed by atoms with Crippen LogP contribution >= 0.6 is 0 Å². The van der Waals surface area contributed by atoms with Crippen LogP contribution in [0.4, 0.5) is 5.69 Å². The molecule has 0 radical (unpaired) electrons. The van der Waals surface area contributed by atoms with E-state index in [1.807, 2.05) is 0 Å². The van der Waals surface area contributed by atoms with Crippen LogP contribution in [0.15, 0.2) is 66.7 Å². The predicted molar refractivity (Wildman–Crippen MR) is 117 cm³/mol. The van der Waals surface area contributed by atoms with Crippen molar-refractivity contribution < 1.29 is 0 Å². The average molecular weight is 354 g/mol. The number of nitrogens with zero attached hydrogens (tertiary/aromatic N) is 2. The Morgan fingerprint density at radius 1 is 0.926 bits per heavy atom. The van der Waals surface area contributed by atoms with Gasteiger partial charge in [-0.1, -0.05) is 54.6 Å². The van der Waals surface area contributed by atoms with Crippen molar-refractivity contribution in [1.82, 2.24) is 4.57 Å². The van der Waals surface area contributed by atoms with E-state index in [1.165, 1.54) is 39.5 Å². The molecule has 1 aliphatic heterocycles. The minimum absolute atomic E-state index is 0.263. The van der Waals surface area contributed by atoms with Crippen LogP contribution in [0.2, 0.25) is 0 Å². The summed E-state index contributed by atoms with van der Waals surface area (Å²) in [5.41, 5.74) is 8.89. The quantitative estimate of drug-likeness (QED) is 0.564. The van der Waals surface area contributed by atoms with Gasteiger partial charge < -0.3 is 9.47 Å². The van der Waals surface area contributed by atoms with Crippen LogP contribution < -0.4 is 4.90 Å². The number of aromatic nitrogens is 1. The number of hydrogen-bond donors (Lipinski definition) is 0. The third kappa shape index (κ3) is 3.23. The standard InChI is InChI=1S/C25H26N2/c1-18-10-11-21-12-14-23(26(4)25(21)16-18)15-13-22-17-19(2)27(20(22)3)24-8-6-5-7-9-24/h5-17,23H,1-4H3/b15-13+. The van der Waals surface area contributed by atoms with Crippen LogP contribution in [0, 0.1) is 20.8 Å². The molecule has 2 nitrogen and oxygen atoms in total. The molecule has 2 aromatic carbocycles. The normalized spacial score (nSPS) is 16.1. The first-order valence-corrected chi connectivity index (χ1v) is 9.49. The maximum absolute atomic E-state index is 2.34. The van der Waals surface area contributed by atoms with Crippen molar-refractivity contribution in [2.75, 3.05) is 11.9 Å². The fourth-order valence-corrected chi connectivity index (χ4v) is 3.92. The minimum atomic E-state index is 0.263. The van der Waals surface area contributed by atoms with Crippen LogP contribution in [0.25, 0.3) is 17.8 Å². The van der Waals surface area contributed by atoms with Gasteiger partial charge in [-0.2, -0.15) is 0 Å². The number of anilines is 1. The Hall–Kier alpha value is -3.00. The zero-order chi connectivity index (χ0) is 19.0. The second kappa shape index (κ2) is 6.96. The van der Waals surface area contributed by atoms with Gasteiger partial charge in [-0.15, -0.1) is 0 Å². The van der Waals surface area contributed by atoms with Crippen molar-refractivity contribution in [3.05, 3.63) is 94.8 Å². The van der Waals surface area contributed by atoms with E-state index in [0.717, 1.165) is 0 Å². The summed E-state index contributed by atoms with van der Waals surface area (Å²) in [7, 11) is 2.17. The smallest absolute Gasteiger partial charge is 0.0660 e. The third-order valence-corrected chi connectivity index (χ3v) is 5.44. The number of fused-ring (bicyclic) bond motifs is 1. The topological polar surface area (TPSA) is 8.17 Å². The number of likely N-dealkylation sites (N-methyl/N-ethyl adjacent to an activating group) is 1. The number of aryl methyl sites for hydroxylation is 2. The number of benzene rings is 2. The lowest BCUT2D eigenvalue weighted by atomic mass is 10.0. The Morgan fingerprint density at radius 2 is 1.70 bits per heavy atom. The summed E-state index contributed by atoms with van der Waals surface area (Å²) in [5, 5.41) is 0. The van der Waals surface area contributed by atoms with E-state index in [1.54, 1.807) is 0 Å². The summed E-state index contributed by atoms with van der Waals surface area (Å²) in [6.07, 6.45) is 9.05. The molecule has 1 aliphatic rings. The fraction of sp³-hybridized carbons (Fsp3) is 0.200. The lowest BCUT2D eigenvalue weighted by Gasteiger charge is -2.30. The first kappa shape index (κ1) is 17.4. The first-order valence-electron chi connectivity index (χ1n) is 9.49. The van der Waals surface area contributed by atoms with Crippen molar-refractivity contribution in [1.29, 1.82) is 0 Å². The maximum Gasteiger partial charge on any atom is 0.0660 e. The molecule has 3 aromatic rings. The van der Waals surface area contributed by atoms with Crippen molar-refractivity contribution in [3.63, 3.8) is 0 Å². The Balaban J connectivity index is 1.63. The molecule has 27 heavy (non-hydrogen) atoms. The molecule has 0 saturated carbocycles. The molecule has 0 fully saturated rings. The Labute approximate surface area is 162 Å². The summed E-state index contributed by atoms with van der Waals surface area (Å²) in [6.45, 7) is 6.51. The largest absolute Gasteiger partial charge is 0.364 e. The highest BCUT2D eigenvalue weighted by atomic mass is 15.1. The van der Waals surface area contributed by atoms with Crippen LogP contribution in [-0.4, -0.2) is 17.7 Å². The van der Waals surface area contributed by atoms with Gasteiger partial charge in [0.2, 0.25) is 0 Å². The molecule has 0 saturated heterocycles. The van der Waals surface area contributed by atoms with Gasteiger partial charge in [0, 0.05) is 29.8 Å². The van der Waals surface area contributed by atoms with Crippen LogP contribution in [0.1, 0.15) is 28.1 Å². The molecule has 0 aliphatic carbocycles. The molecular formula is C25H26N2. The minimum Gasteiger partial charge on any atom is -0.364 e. The number of para-hydroxylation sites is 1. The molecule has 4 rings (SSSR count). The summed E-state index contributed by atoms with van der Waals surface area (Å²) < 4.78 is 2.32. The molecule has 2 heterocycles. The van der Waals surface area contributed by atoms with Gasteiger partial charge in [0.15, 0.2) is 0 Å². The Morgan fingerprint density at radius 3 is 2.48 bits per heavy atom. The van der Waals surface area contributed by atoms with E-state index in [-0.39, 0.29) is 6.04 Å². The second-order valence-corrected chi connectivity index (χ2v) is 7.38. The first-order chi connectivity index (χ1) is 13.0. The van der Waals surface area contributed by atoms with E-state index in [0.29, 0.717) is 0 Å². The average Bonchev–Trinajstić information content (AvgIpc) is 2.96. The molecule has 0 spiro atoms. The lowest BCUT2D eigenvalue weighted by molar-refractivity contribution is 0.887. The third-order valence-electron chi connectivity index (χ3n) is 5.44. The van der Waals surface area contributed by atoms with E-state index in [9.17, 15) is 0 Å². The fourth-order valence-electron chi connectivity index (χ4n) is 3.92. The lowest BCUT2D eigenvalue weighted by Crippen LogP contribution is -2.30. The molecule has 1 aromatic heterocycles. The zero-order valence-corrected chi connectivity index (χ0v) is 16.5. The summed E-state index contributed by atoms with van der Waals surface area (Å²) in [6, 6.07) is 19.7. The van der Waals surface area contributed by atoms with Crippen LogP contribution in [0.3, 0.4) is 0 Å². The molecule has 1 unspecified atom stereocenters. The van der Waals surface area contributed by atoms with Gasteiger partial charge in [-0.3, -0.25) is 0 Å². The molecular weight excluding hydrogens is 328 g/mol. The second-order valence-electron chi connectivity index (χ2n) is 7.38. The summed E-state index contributed by atoms with van der Waals surface area (Å²) in [5.74, 6) is 0. The van der Waals surface area contributed by atoms with Crippen molar-refractivity contribution in [2.24, 2.45) is 0 Å².